The van der Waals surface area contributed by atoms with Crippen LogP contribution in [0.4, 0.5) is 0 Å². The summed E-state index contributed by atoms with van der Waals surface area (Å²) in [4.78, 5) is 0. The molecule has 0 unspecified atom stereocenters. The molecule has 0 aromatic heterocycles. The normalized spacial score (nSPS) is 16.6. The van der Waals surface area contributed by atoms with Crippen molar-refractivity contribution in [1.82, 2.24) is 0 Å². The van der Waals surface area contributed by atoms with Crippen molar-refractivity contribution in [3.63, 3.8) is 0 Å². The molecule has 0 aromatic rings. The summed E-state index contributed by atoms with van der Waals surface area (Å²) < 4.78 is 3.74. The maximum atomic E-state index is 7.11. The molecular weight excluding hydrogens is 180 g/mol. The van der Waals surface area contributed by atoms with Crippen molar-refractivity contribution >= 4 is 27.6 Å². The van der Waals surface area contributed by atoms with Gasteiger partial charge in [-0.25, -0.2) is 4.02 Å². The third-order valence-electron chi connectivity index (χ3n) is 0.965. The quantitative estimate of drug-likeness (QED) is 0.559. The van der Waals surface area contributed by atoms with E-state index in [2.05, 4.69) is 20.2 Å². The fourth-order valence-electron chi connectivity index (χ4n) is 0.518. The van der Waals surface area contributed by atoms with Gasteiger partial charge in [0.25, 0.3) is 0 Å². The molecular formula is C6H5BrN2. The molecule has 0 spiro atoms. The van der Waals surface area contributed by atoms with Crippen molar-refractivity contribution in [2.75, 3.05) is 0 Å². The summed E-state index contributed by atoms with van der Waals surface area (Å²) in [7, 11) is 0. The number of hydrogen-bond donors (Lipinski definition) is 1. The van der Waals surface area contributed by atoms with E-state index in [-0.39, 0.29) is 0 Å². The second-order valence-corrected chi connectivity index (χ2v) is 1.99. The molecule has 0 aromatic carbocycles. The number of allylic oxidation sites excluding steroid dienone is 4. The summed E-state index contributed by atoms with van der Waals surface area (Å²) in [6.45, 7) is 0. The number of nitrogens with one attached hydrogen (secondary N) is 1. The first kappa shape index (κ1) is 6.42. The van der Waals surface area contributed by atoms with E-state index >= 15 is 0 Å². The Morgan fingerprint density at radius 1 is 1.22 bits per heavy atom. The van der Waals surface area contributed by atoms with Crippen molar-refractivity contribution < 1.29 is 0 Å². The van der Waals surface area contributed by atoms with Gasteiger partial charge in [-0.3, -0.25) is 0 Å². The minimum Gasteiger partial charge on any atom is -0.301 e. The van der Waals surface area contributed by atoms with E-state index in [4.69, 9.17) is 5.41 Å². The Morgan fingerprint density at radius 3 is 2.22 bits per heavy atom. The molecule has 0 fully saturated rings. The van der Waals surface area contributed by atoms with Crippen LogP contribution in [-0.2, 0) is 0 Å². The van der Waals surface area contributed by atoms with Crippen LogP contribution in [0.15, 0.2) is 28.3 Å². The molecule has 0 bridgehead atoms. The first-order valence-corrected chi connectivity index (χ1v) is 3.17. The third-order valence-corrected chi connectivity index (χ3v) is 1.37. The molecule has 1 rings (SSSR count). The van der Waals surface area contributed by atoms with Crippen LogP contribution in [0.1, 0.15) is 0 Å². The second-order valence-electron chi connectivity index (χ2n) is 1.63. The van der Waals surface area contributed by atoms with Crippen LogP contribution in [0.3, 0.4) is 0 Å². The Morgan fingerprint density at radius 2 is 1.78 bits per heavy atom. The maximum absolute atomic E-state index is 7.11. The fourth-order valence-corrected chi connectivity index (χ4v) is 0.754. The Hall–Kier alpha value is -0.700. The first-order valence-electron chi connectivity index (χ1n) is 2.46. The number of nitrogens with zero attached hydrogens (tertiary/aromatic N) is 1. The molecule has 46 valence electrons. The molecule has 0 amide bonds. The van der Waals surface area contributed by atoms with Crippen LogP contribution < -0.4 is 0 Å². The summed E-state index contributed by atoms with van der Waals surface area (Å²) in [5, 5.41) is 7.11. The van der Waals surface area contributed by atoms with Crippen molar-refractivity contribution in [3.8, 4) is 0 Å². The van der Waals surface area contributed by atoms with E-state index in [9.17, 15) is 0 Å². The SMILES string of the molecule is N=C1C=CC(=NBr)C=C1. The molecule has 9 heavy (non-hydrogen) atoms. The van der Waals surface area contributed by atoms with E-state index in [1.54, 1.807) is 24.3 Å². The van der Waals surface area contributed by atoms with E-state index in [1.165, 1.54) is 0 Å². The molecule has 0 atom stereocenters. The summed E-state index contributed by atoms with van der Waals surface area (Å²) in [5.41, 5.74) is 1.35. The lowest BCUT2D eigenvalue weighted by molar-refractivity contribution is 1.53. The summed E-state index contributed by atoms with van der Waals surface area (Å²) in [6.07, 6.45) is 6.94. The van der Waals surface area contributed by atoms with E-state index < -0.39 is 0 Å². The maximum Gasteiger partial charge on any atom is 0.0740 e. The van der Waals surface area contributed by atoms with Crippen LogP contribution in [0.5, 0.6) is 0 Å². The van der Waals surface area contributed by atoms with Gasteiger partial charge >= 0.3 is 0 Å². The number of hydrogen-bond acceptors (Lipinski definition) is 2. The van der Waals surface area contributed by atoms with Gasteiger partial charge in [-0.2, -0.15) is 0 Å². The van der Waals surface area contributed by atoms with Crippen LogP contribution >= 0.6 is 16.1 Å². The lowest BCUT2D eigenvalue weighted by Crippen LogP contribution is -1.96. The molecule has 0 aliphatic heterocycles. The Balaban J connectivity index is 2.82. The molecule has 1 aliphatic carbocycles. The van der Waals surface area contributed by atoms with Crippen molar-refractivity contribution in [3.05, 3.63) is 24.3 Å². The van der Waals surface area contributed by atoms with Crippen LogP contribution in [0.2, 0.25) is 0 Å². The van der Waals surface area contributed by atoms with Crippen LogP contribution in [0.25, 0.3) is 0 Å². The van der Waals surface area contributed by atoms with Gasteiger partial charge in [-0.1, -0.05) is 0 Å². The van der Waals surface area contributed by atoms with Gasteiger partial charge in [-0.15, -0.1) is 0 Å². The zero-order valence-corrected chi connectivity index (χ0v) is 6.22. The molecule has 3 heteroatoms. The molecule has 0 heterocycles. The van der Waals surface area contributed by atoms with Gasteiger partial charge in [0.15, 0.2) is 0 Å². The van der Waals surface area contributed by atoms with Gasteiger partial charge in [0.1, 0.15) is 0 Å². The molecule has 1 aliphatic rings. The average Bonchev–Trinajstić information content (AvgIpc) is 1.90. The highest BCUT2D eigenvalue weighted by Gasteiger charge is 1.93. The highest BCUT2D eigenvalue weighted by atomic mass is 79.9. The zero-order chi connectivity index (χ0) is 6.69. The number of rotatable bonds is 0. The van der Waals surface area contributed by atoms with Gasteiger partial charge in [0, 0.05) is 0 Å². The fraction of sp³-hybridized carbons (Fsp3) is 0. The highest BCUT2D eigenvalue weighted by Crippen LogP contribution is 1.97. The predicted molar refractivity (Wildman–Crippen MR) is 42.4 cm³/mol. The van der Waals surface area contributed by atoms with Gasteiger partial charge in [0.05, 0.1) is 27.6 Å². The molecule has 2 nitrogen and oxygen atoms in total. The summed E-state index contributed by atoms with van der Waals surface area (Å²) in [5.74, 6) is 0. The minimum absolute atomic E-state index is 0.509. The standard InChI is InChI=1S/C6H5BrN2/c7-9-6-3-1-5(8)2-4-6/h1-4,8H. The Bertz CT molecular complexity index is 195. The van der Waals surface area contributed by atoms with Gasteiger partial charge in [-0.05, 0) is 24.3 Å². The average molecular weight is 185 g/mol. The van der Waals surface area contributed by atoms with E-state index in [0.717, 1.165) is 5.71 Å². The van der Waals surface area contributed by atoms with Crippen molar-refractivity contribution in [2.45, 2.75) is 0 Å². The zero-order valence-electron chi connectivity index (χ0n) is 4.63. The van der Waals surface area contributed by atoms with Crippen LogP contribution in [0, 0.1) is 5.41 Å². The summed E-state index contributed by atoms with van der Waals surface area (Å²) in [6, 6.07) is 0. The monoisotopic (exact) mass is 184 g/mol. The smallest absolute Gasteiger partial charge is 0.0740 e. The molecule has 0 saturated heterocycles. The predicted octanol–water partition coefficient (Wildman–Crippen LogP) is 1.88. The lowest BCUT2D eigenvalue weighted by atomic mass is 10.2. The highest BCUT2D eigenvalue weighted by molar-refractivity contribution is 9.08. The van der Waals surface area contributed by atoms with Crippen LogP contribution in [-0.4, -0.2) is 11.4 Å². The number of halogens is 1. The van der Waals surface area contributed by atoms with Gasteiger partial charge < -0.3 is 5.41 Å². The largest absolute Gasteiger partial charge is 0.301 e. The second kappa shape index (κ2) is 2.73. The first-order chi connectivity index (χ1) is 4.33. The summed E-state index contributed by atoms with van der Waals surface area (Å²) >= 11 is 2.95. The van der Waals surface area contributed by atoms with Gasteiger partial charge in [0.2, 0.25) is 0 Å². The molecule has 0 radical (unpaired) electrons. The Labute approximate surface area is 61.8 Å². The topological polar surface area (TPSA) is 36.2 Å². The molecule has 0 saturated carbocycles. The van der Waals surface area contributed by atoms with E-state index in [1.807, 2.05) is 0 Å². The lowest BCUT2D eigenvalue weighted by Gasteiger charge is -1.95. The molecule has 1 N–H and O–H groups in total. The Kier molecular flexibility index (Phi) is 1.95. The minimum atomic E-state index is 0.509. The van der Waals surface area contributed by atoms with E-state index in [0.29, 0.717) is 5.71 Å². The third kappa shape index (κ3) is 1.61. The van der Waals surface area contributed by atoms with Crippen molar-refractivity contribution in [2.24, 2.45) is 4.02 Å². The van der Waals surface area contributed by atoms with Crippen molar-refractivity contribution in [1.29, 1.82) is 5.41 Å².